The van der Waals surface area contributed by atoms with E-state index in [4.69, 9.17) is 10.8 Å². The summed E-state index contributed by atoms with van der Waals surface area (Å²) in [4.78, 5) is 9.98. The molecule has 0 unspecified atom stereocenters. The second-order valence-electron chi connectivity index (χ2n) is 1.95. The molecular formula is C6H13NO2S. The van der Waals surface area contributed by atoms with Crippen LogP contribution >= 0.6 is 11.8 Å². The zero-order chi connectivity index (χ0) is 7.82. The number of thioether (sulfide) groups is 1. The van der Waals surface area contributed by atoms with Crippen molar-refractivity contribution in [1.29, 1.82) is 0 Å². The van der Waals surface area contributed by atoms with E-state index in [1.54, 1.807) is 11.8 Å². The van der Waals surface area contributed by atoms with Gasteiger partial charge in [-0.3, -0.25) is 0 Å². The summed E-state index contributed by atoms with van der Waals surface area (Å²) >= 11 is 1.59. The van der Waals surface area contributed by atoms with Gasteiger partial charge in [0.1, 0.15) is 6.29 Å². The van der Waals surface area contributed by atoms with Crippen LogP contribution in [0.15, 0.2) is 0 Å². The van der Waals surface area contributed by atoms with Gasteiger partial charge in [0, 0.05) is 12.4 Å². The van der Waals surface area contributed by atoms with E-state index < -0.39 is 0 Å². The third-order valence-electron chi connectivity index (χ3n) is 0.932. The fourth-order valence-corrected chi connectivity index (χ4v) is 1.28. The Kier molecular flexibility index (Phi) is 7.01. The van der Waals surface area contributed by atoms with E-state index in [0.717, 1.165) is 18.5 Å². The molecule has 0 saturated carbocycles. The Morgan fingerprint density at radius 1 is 1.70 bits per heavy atom. The Balaban J connectivity index is 2.95. The maximum Gasteiger partial charge on any atom is 0.137 e. The van der Waals surface area contributed by atoms with Gasteiger partial charge < -0.3 is 15.6 Å². The Labute approximate surface area is 65.0 Å². The van der Waals surface area contributed by atoms with Crippen molar-refractivity contribution in [3.63, 3.8) is 0 Å². The fourth-order valence-electron chi connectivity index (χ4n) is 0.425. The molecule has 4 heteroatoms. The maximum absolute atomic E-state index is 9.98. The standard InChI is InChI=1S/C6H13NO2S/c7-6(4-9)5-10-3-1-2-8/h4,6,8H,1-3,5,7H2/t6-/m0/s1. The molecule has 0 aliphatic carbocycles. The molecule has 3 N–H and O–H groups in total. The number of carbonyl (C=O) groups is 1. The van der Waals surface area contributed by atoms with Gasteiger partial charge in [0.25, 0.3) is 0 Å². The molecular weight excluding hydrogens is 150 g/mol. The molecule has 0 aromatic rings. The number of nitrogens with two attached hydrogens (primary N) is 1. The summed E-state index contributed by atoms with van der Waals surface area (Å²) < 4.78 is 0. The lowest BCUT2D eigenvalue weighted by molar-refractivity contribution is -0.108. The van der Waals surface area contributed by atoms with Crippen molar-refractivity contribution in [1.82, 2.24) is 0 Å². The van der Waals surface area contributed by atoms with Crippen LogP contribution in [0, 0.1) is 0 Å². The molecule has 60 valence electrons. The second-order valence-corrected chi connectivity index (χ2v) is 3.10. The van der Waals surface area contributed by atoms with Crippen LogP contribution in [-0.2, 0) is 4.79 Å². The molecule has 0 aliphatic rings. The molecule has 0 heterocycles. The van der Waals surface area contributed by atoms with Crippen LogP contribution in [0.1, 0.15) is 6.42 Å². The SMILES string of the molecule is N[C@@H](C=O)CSCCCO. The lowest BCUT2D eigenvalue weighted by Crippen LogP contribution is -2.24. The number of hydrogen-bond acceptors (Lipinski definition) is 4. The summed E-state index contributed by atoms with van der Waals surface area (Å²) in [6, 6.07) is -0.344. The average Bonchev–Trinajstić information content (AvgIpc) is 1.98. The number of aliphatic hydroxyl groups excluding tert-OH is 1. The van der Waals surface area contributed by atoms with Crippen LogP contribution in [0.2, 0.25) is 0 Å². The minimum atomic E-state index is -0.344. The van der Waals surface area contributed by atoms with Crippen molar-refractivity contribution in [2.45, 2.75) is 12.5 Å². The highest BCUT2D eigenvalue weighted by Gasteiger charge is 1.97. The molecule has 0 spiro atoms. The van der Waals surface area contributed by atoms with E-state index in [9.17, 15) is 4.79 Å². The van der Waals surface area contributed by atoms with Crippen molar-refractivity contribution < 1.29 is 9.90 Å². The third kappa shape index (κ3) is 6.07. The monoisotopic (exact) mass is 163 g/mol. The highest BCUT2D eigenvalue weighted by Crippen LogP contribution is 2.01. The smallest absolute Gasteiger partial charge is 0.137 e. The molecule has 0 bridgehead atoms. The van der Waals surface area contributed by atoms with E-state index in [1.807, 2.05) is 0 Å². The minimum Gasteiger partial charge on any atom is -0.396 e. The maximum atomic E-state index is 9.98. The molecule has 0 aromatic heterocycles. The number of aldehydes is 1. The first-order chi connectivity index (χ1) is 4.81. The van der Waals surface area contributed by atoms with Crippen LogP contribution in [0.25, 0.3) is 0 Å². The predicted octanol–water partition coefficient (Wildman–Crippen LogP) is -0.372. The van der Waals surface area contributed by atoms with E-state index in [-0.39, 0.29) is 12.6 Å². The molecule has 0 amide bonds. The average molecular weight is 163 g/mol. The predicted molar refractivity (Wildman–Crippen MR) is 43.1 cm³/mol. The highest BCUT2D eigenvalue weighted by molar-refractivity contribution is 7.99. The van der Waals surface area contributed by atoms with Gasteiger partial charge in [-0.1, -0.05) is 0 Å². The molecule has 0 aliphatic heterocycles. The quantitative estimate of drug-likeness (QED) is 0.414. The Morgan fingerprint density at radius 3 is 2.90 bits per heavy atom. The summed E-state index contributed by atoms with van der Waals surface area (Å²) in [5.41, 5.74) is 5.30. The Bertz CT molecular complexity index is 89.8. The molecule has 0 rings (SSSR count). The van der Waals surface area contributed by atoms with E-state index in [2.05, 4.69) is 0 Å². The van der Waals surface area contributed by atoms with Gasteiger partial charge >= 0.3 is 0 Å². The number of rotatable bonds is 6. The first-order valence-corrected chi connectivity index (χ1v) is 4.36. The van der Waals surface area contributed by atoms with Gasteiger partial charge in [-0.05, 0) is 12.2 Å². The molecule has 3 nitrogen and oxygen atoms in total. The zero-order valence-corrected chi connectivity index (χ0v) is 6.64. The van der Waals surface area contributed by atoms with Crippen LogP contribution in [0.4, 0.5) is 0 Å². The van der Waals surface area contributed by atoms with Crippen molar-refractivity contribution in [2.75, 3.05) is 18.1 Å². The van der Waals surface area contributed by atoms with Crippen LogP contribution < -0.4 is 5.73 Å². The van der Waals surface area contributed by atoms with Crippen LogP contribution in [0.3, 0.4) is 0 Å². The van der Waals surface area contributed by atoms with Gasteiger partial charge in [0.05, 0.1) is 6.04 Å². The van der Waals surface area contributed by atoms with Crippen molar-refractivity contribution >= 4 is 18.0 Å². The third-order valence-corrected chi connectivity index (χ3v) is 2.13. The molecule has 0 saturated heterocycles. The molecule has 1 atom stereocenters. The zero-order valence-electron chi connectivity index (χ0n) is 5.82. The Hall–Kier alpha value is -0.0600. The van der Waals surface area contributed by atoms with Gasteiger partial charge in [-0.2, -0.15) is 11.8 Å². The lowest BCUT2D eigenvalue weighted by Gasteiger charge is -2.01. The lowest BCUT2D eigenvalue weighted by atomic mass is 10.4. The highest BCUT2D eigenvalue weighted by atomic mass is 32.2. The number of carbonyl (C=O) groups excluding carboxylic acids is 1. The number of aliphatic hydroxyl groups is 1. The molecule has 0 aromatic carbocycles. The van der Waals surface area contributed by atoms with Gasteiger partial charge in [0.2, 0.25) is 0 Å². The first-order valence-electron chi connectivity index (χ1n) is 3.20. The summed E-state index contributed by atoms with van der Waals surface area (Å²) in [5.74, 6) is 1.53. The van der Waals surface area contributed by atoms with E-state index >= 15 is 0 Å². The first kappa shape index (κ1) is 9.94. The van der Waals surface area contributed by atoms with Gasteiger partial charge in [-0.15, -0.1) is 0 Å². The van der Waals surface area contributed by atoms with Crippen molar-refractivity contribution in [3.8, 4) is 0 Å². The van der Waals surface area contributed by atoms with Crippen LogP contribution in [0.5, 0.6) is 0 Å². The summed E-state index contributed by atoms with van der Waals surface area (Å²) in [6.45, 7) is 0.212. The topological polar surface area (TPSA) is 63.3 Å². The Morgan fingerprint density at radius 2 is 2.40 bits per heavy atom. The van der Waals surface area contributed by atoms with Crippen molar-refractivity contribution in [3.05, 3.63) is 0 Å². The largest absolute Gasteiger partial charge is 0.396 e. The number of hydrogen-bond donors (Lipinski definition) is 2. The molecule has 0 radical (unpaired) electrons. The summed E-state index contributed by atoms with van der Waals surface area (Å²) in [5, 5.41) is 8.37. The van der Waals surface area contributed by atoms with Crippen molar-refractivity contribution in [2.24, 2.45) is 5.73 Å². The minimum absolute atomic E-state index is 0.212. The molecule has 10 heavy (non-hydrogen) atoms. The normalized spacial score (nSPS) is 13.0. The molecule has 0 fully saturated rings. The van der Waals surface area contributed by atoms with Gasteiger partial charge in [-0.25, -0.2) is 0 Å². The van der Waals surface area contributed by atoms with Gasteiger partial charge in [0.15, 0.2) is 0 Å². The fraction of sp³-hybridized carbons (Fsp3) is 0.833. The van der Waals surface area contributed by atoms with E-state index in [0.29, 0.717) is 5.75 Å². The summed E-state index contributed by atoms with van der Waals surface area (Å²) in [7, 11) is 0. The van der Waals surface area contributed by atoms with Crippen LogP contribution in [-0.4, -0.2) is 35.5 Å². The second kappa shape index (κ2) is 7.05. The van der Waals surface area contributed by atoms with E-state index in [1.165, 1.54) is 0 Å². The summed E-state index contributed by atoms with van der Waals surface area (Å²) in [6.07, 6.45) is 1.52.